The van der Waals surface area contributed by atoms with E-state index < -0.39 is 0 Å². The number of rotatable bonds is 9. The summed E-state index contributed by atoms with van der Waals surface area (Å²) in [7, 11) is 2.16. The number of benzene rings is 2. The molecule has 180 valence electrons. The molecule has 0 aliphatic carbocycles. The largest absolute Gasteiger partial charge is 0.374 e. The quantitative estimate of drug-likeness (QED) is 0.361. The summed E-state index contributed by atoms with van der Waals surface area (Å²) in [5.74, 6) is 0.396. The molecule has 1 unspecified atom stereocenters. The van der Waals surface area contributed by atoms with Crippen LogP contribution < -0.4 is 4.90 Å². The van der Waals surface area contributed by atoms with Crippen LogP contribution >= 0.6 is 11.8 Å². The summed E-state index contributed by atoms with van der Waals surface area (Å²) in [5.41, 5.74) is 11.3. The fraction of sp³-hybridized carbons (Fsp3) is 0.387. The highest BCUT2D eigenvalue weighted by Crippen LogP contribution is 2.40. The van der Waals surface area contributed by atoms with E-state index in [0.717, 1.165) is 42.8 Å². The van der Waals surface area contributed by atoms with Crippen molar-refractivity contribution in [2.75, 3.05) is 18.5 Å². The van der Waals surface area contributed by atoms with Crippen molar-refractivity contribution in [1.29, 1.82) is 0 Å². The first kappa shape index (κ1) is 26.1. The van der Waals surface area contributed by atoms with Crippen LogP contribution in [-0.4, -0.2) is 19.3 Å². The Bertz CT molecular complexity index is 1140. The number of anilines is 1. The molecule has 1 atom stereocenters. The first-order chi connectivity index (χ1) is 16.3. The summed E-state index contributed by atoms with van der Waals surface area (Å²) in [4.78, 5) is 8.83. The fourth-order valence-corrected chi connectivity index (χ4v) is 5.82. The Labute approximate surface area is 211 Å². The Balaban J connectivity index is 2.07. The number of aliphatic imine (C=N–C) groups is 1. The molecule has 0 amide bonds. The molecule has 1 heterocycles. The maximum Gasteiger partial charge on any atom is 0.0781 e. The highest BCUT2D eigenvalue weighted by atomic mass is 32.2. The molecule has 0 spiro atoms. The summed E-state index contributed by atoms with van der Waals surface area (Å²) in [5, 5.41) is 2.18. The van der Waals surface area contributed by atoms with Crippen molar-refractivity contribution in [3.05, 3.63) is 86.7 Å². The molecule has 0 radical (unpaired) electrons. The van der Waals surface area contributed by atoms with Crippen molar-refractivity contribution in [3.8, 4) is 0 Å². The lowest BCUT2D eigenvalue weighted by molar-refractivity contribution is 0.753. The van der Waals surface area contributed by atoms with Crippen LogP contribution in [0.25, 0.3) is 6.08 Å². The van der Waals surface area contributed by atoms with Gasteiger partial charge in [0, 0.05) is 30.1 Å². The van der Waals surface area contributed by atoms with Crippen LogP contribution in [0.5, 0.6) is 0 Å². The number of nitrogens with zero attached hydrogens (tertiary/aromatic N) is 2. The minimum Gasteiger partial charge on any atom is -0.374 e. The zero-order chi connectivity index (χ0) is 24.8. The summed E-state index contributed by atoms with van der Waals surface area (Å²) in [6.45, 7) is 18.5. The molecule has 2 aromatic carbocycles. The minimum absolute atomic E-state index is 0.396. The van der Waals surface area contributed by atoms with Crippen LogP contribution in [0, 0.1) is 13.8 Å². The van der Waals surface area contributed by atoms with Crippen LogP contribution in [0.2, 0.25) is 0 Å². The Morgan fingerprint density at radius 2 is 1.91 bits per heavy atom. The maximum absolute atomic E-state index is 5.22. The normalized spacial score (nSPS) is 16.7. The molecule has 0 saturated carbocycles. The number of thioether (sulfide) groups is 1. The van der Waals surface area contributed by atoms with E-state index in [9.17, 15) is 0 Å². The van der Waals surface area contributed by atoms with E-state index in [0.29, 0.717) is 5.92 Å². The molecule has 2 nitrogen and oxygen atoms in total. The van der Waals surface area contributed by atoms with Crippen LogP contribution in [0.15, 0.2) is 63.9 Å². The van der Waals surface area contributed by atoms with Gasteiger partial charge in [0.2, 0.25) is 0 Å². The molecule has 3 heteroatoms. The average Bonchev–Trinajstić information content (AvgIpc) is 3.28. The monoisotopic (exact) mass is 472 g/mol. The van der Waals surface area contributed by atoms with Gasteiger partial charge in [-0.05, 0) is 91.5 Å². The van der Waals surface area contributed by atoms with E-state index in [1.165, 1.54) is 38.4 Å². The Kier molecular flexibility index (Phi) is 9.02. The van der Waals surface area contributed by atoms with Crippen molar-refractivity contribution >= 4 is 34.9 Å². The molecule has 0 aromatic heterocycles. The van der Waals surface area contributed by atoms with Crippen molar-refractivity contribution in [2.24, 2.45) is 4.99 Å². The van der Waals surface area contributed by atoms with Gasteiger partial charge in [-0.3, -0.25) is 0 Å². The van der Waals surface area contributed by atoms with Gasteiger partial charge in [-0.25, -0.2) is 4.99 Å². The topological polar surface area (TPSA) is 15.6 Å². The fourth-order valence-electron chi connectivity index (χ4n) is 4.92. The SMILES string of the molecule is C=Cc1cc(N=C2C=CS/C2=C(/C)C(CC)c2ccc(C)cc2C)c(CC)cc1N(C)CCC. The Morgan fingerprint density at radius 3 is 2.53 bits per heavy atom. The van der Waals surface area contributed by atoms with E-state index in [4.69, 9.17) is 4.99 Å². The molecule has 0 saturated heterocycles. The van der Waals surface area contributed by atoms with E-state index >= 15 is 0 Å². The smallest absolute Gasteiger partial charge is 0.0781 e. The molecule has 1 aliphatic rings. The van der Waals surface area contributed by atoms with Crippen molar-refractivity contribution < 1.29 is 0 Å². The van der Waals surface area contributed by atoms with Crippen molar-refractivity contribution in [3.63, 3.8) is 0 Å². The molecule has 34 heavy (non-hydrogen) atoms. The standard InChI is InChI=1S/C31H40N2S/c1-9-16-33(8)30-20-24(10-2)29(19-25(30)11-3)32-28-15-17-34-31(28)23(7)26(12-4)27-14-13-21(5)18-22(27)6/h11,13-15,17-20,26H,3,9-10,12,16H2,1-2,4-8H3/b31-23-,32-28?. The number of aryl methyl sites for hydroxylation is 3. The predicted molar refractivity (Wildman–Crippen MR) is 155 cm³/mol. The second kappa shape index (κ2) is 11.8. The summed E-state index contributed by atoms with van der Waals surface area (Å²) >= 11 is 1.80. The number of allylic oxidation sites excluding steroid dienone is 3. The molecule has 0 fully saturated rings. The van der Waals surface area contributed by atoms with E-state index in [2.05, 4.69) is 102 Å². The molecule has 1 aliphatic heterocycles. The van der Waals surface area contributed by atoms with E-state index in [1.54, 1.807) is 11.8 Å². The third-order valence-corrected chi connectivity index (χ3v) is 7.81. The summed E-state index contributed by atoms with van der Waals surface area (Å²) in [6.07, 6.45) is 7.27. The first-order valence-electron chi connectivity index (χ1n) is 12.5. The first-order valence-corrected chi connectivity index (χ1v) is 13.4. The van der Waals surface area contributed by atoms with Gasteiger partial charge < -0.3 is 4.90 Å². The predicted octanol–water partition coefficient (Wildman–Crippen LogP) is 9.16. The number of hydrogen-bond acceptors (Lipinski definition) is 3. The molecule has 0 bridgehead atoms. The molecule has 3 rings (SSSR count). The highest BCUT2D eigenvalue weighted by molar-refractivity contribution is 8.07. The van der Waals surface area contributed by atoms with Gasteiger partial charge >= 0.3 is 0 Å². The van der Waals surface area contributed by atoms with E-state index in [-0.39, 0.29) is 0 Å². The molecular formula is C31H40N2S. The van der Waals surface area contributed by atoms with Gasteiger partial charge in [-0.1, -0.05) is 69.0 Å². The van der Waals surface area contributed by atoms with Gasteiger partial charge in [0.15, 0.2) is 0 Å². The Morgan fingerprint density at radius 1 is 1.15 bits per heavy atom. The molecule has 0 N–H and O–H groups in total. The third-order valence-electron chi connectivity index (χ3n) is 6.77. The van der Waals surface area contributed by atoms with Crippen molar-refractivity contribution in [1.82, 2.24) is 0 Å². The van der Waals surface area contributed by atoms with Gasteiger partial charge in [0.1, 0.15) is 0 Å². The summed E-state index contributed by atoms with van der Waals surface area (Å²) < 4.78 is 0. The lowest BCUT2D eigenvalue weighted by Gasteiger charge is -2.23. The zero-order valence-corrected chi connectivity index (χ0v) is 22.9. The average molecular weight is 473 g/mol. The third kappa shape index (κ3) is 5.58. The lowest BCUT2D eigenvalue weighted by atomic mass is 9.85. The van der Waals surface area contributed by atoms with Gasteiger partial charge in [0.25, 0.3) is 0 Å². The van der Waals surface area contributed by atoms with E-state index in [1.807, 2.05) is 6.08 Å². The minimum atomic E-state index is 0.396. The van der Waals surface area contributed by atoms with Gasteiger partial charge in [-0.15, -0.1) is 0 Å². The van der Waals surface area contributed by atoms with Gasteiger partial charge in [-0.2, -0.15) is 0 Å². The van der Waals surface area contributed by atoms with Crippen LogP contribution in [0.4, 0.5) is 11.4 Å². The maximum atomic E-state index is 5.22. The lowest BCUT2D eigenvalue weighted by Crippen LogP contribution is -2.19. The second-order valence-corrected chi connectivity index (χ2v) is 10.2. The van der Waals surface area contributed by atoms with Gasteiger partial charge in [0.05, 0.1) is 11.4 Å². The second-order valence-electron chi connectivity index (χ2n) is 9.27. The van der Waals surface area contributed by atoms with Crippen LogP contribution in [0.3, 0.4) is 0 Å². The highest BCUT2D eigenvalue weighted by Gasteiger charge is 2.22. The van der Waals surface area contributed by atoms with Crippen LogP contribution in [-0.2, 0) is 6.42 Å². The van der Waals surface area contributed by atoms with Crippen molar-refractivity contribution in [2.45, 2.75) is 66.7 Å². The zero-order valence-electron chi connectivity index (χ0n) is 22.0. The van der Waals surface area contributed by atoms with Crippen LogP contribution in [0.1, 0.15) is 74.3 Å². The Hall–Kier alpha value is -2.52. The molecular weight excluding hydrogens is 432 g/mol. The molecule has 2 aromatic rings. The number of hydrogen-bond donors (Lipinski definition) is 0. The summed E-state index contributed by atoms with van der Waals surface area (Å²) in [6, 6.07) is 11.4.